The summed E-state index contributed by atoms with van der Waals surface area (Å²) < 4.78 is 0. The molecule has 0 heterocycles. The molecule has 3 N–H and O–H groups in total. The molecule has 2 rings (SSSR count). The van der Waals surface area contributed by atoms with Crippen molar-refractivity contribution in [2.75, 3.05) is 0 Å². The Balaban J connectivity index is 1.95. The van der Waals surface area contributed by atoms with Crippen LogP contribution in [-0.4, -0.2) is 6.04 Å². The van der Waals surface area contributed by atoms with Gasteiger partial charge in [-0.15, -0.1) is 0 Å². The van der Waals surface area contributed by atoms with Crippen LogP contribution in [-0.2, 0) is 6.42 Å². The van der Waals surface area contributed by atoms with Crippen LogP contribution in [0.5, 0.6) is 0 Å². The van der Waals surface area contributed by atoms with Gasteiger partial charge in [0.15, 0.2) is 0 Å². The van der Waals surface area contributed by atoms with Crippen LogP contribution in [0.4, 0.5) is 0 Å². The third-order valence-electron chi connectivity index (χ3n) is 4.51. The molecular formula is C17H28N2. The Labute approximate surface area is 117 Å². The molecule has 1 aliphatic rings. The monoisotopic (exact) mass is 260 g/mol. The van der Waals surface area contributed by atoms with E-state index in [1.165, 1.54) is 56.1 Å². The molecule has 1 saturated carbocycles. The van der Waals surface area contributed by atoms with Crippen molar-refractivity contribution in [3.63, 3.8) is 0 Å². The van der Waals surface area contributed by atoms with Crippen LogP contribution in [0.2, 0.25) is 0 Å². The van der Waals surface area contributed by atoms with Crippen LogP contribution in [0.1, 0.15) is 56.1 Å². The lowest BCUT2D eigenvalue weighted by molar-refractivity contribution is 0.285. The Morgan fingerprint density at radius 1 is 1.05 bits per heavy atom. The molecule has 1 atom stereocenters. The molecular weight excluding hydrogens is 232 g/mol. The van der Waals surface area contributed by atoms with E-state index in [0.29, 0.717) is 6.04 Å². The zero-order chi connectivity index (χ0) is 13.5. The third kappa shape index (κ3) is 4.63. The predicted octanol–water partition coefficient (Wildman–Crippen LogP) is 3.73. The molecule has 19 heavy (non-hydrogen) atoms. The van der Waals surface area contributed by atoms with E-state index < -0.39 is 0 Å². The first-order valence-electron chi connectivity index (χ1n) is 7.81. The fraction of sp³-hybridized carbons (Fsp3) is 0.647. The number of benzene rings is 1. The highest BCUT2D eigenvalue weighted by atomic mass is 15.2. The fourth-order valence-electron chi connectivity index (χ4n) is 3.23. The highest BCUT2D eigenvalue weighted by Gasteiger charge is 2.21. The molecule has 1 aliphatic carbocycles. The second kappa shape index (κ2) is 7.66. The highest BCUT2D eigenvalue weighted by molar-refractivity contribution is 5.22. The van der Waals surface area contributed by atoms with Gasteiger partial charge < -0.3 is 0 Å². The van der Waals surface area contributed by atoms with Gasteiger partial charge in [0.25, 0.3) is 0 Å². The molecule has 0 saturated heterocycles. The van der Waals surface area contributed by atoms with Gasteiger partial charge in [0, 0.05) is 6.04 Å². The van der Waals surface area contributed by atoms with Gasteiger partial charge in [-0.25, -0.2) is 0 Å². The second-order valence-electron chi connectivity index (χ2n) is 6.07. The minimum atomic E-state index is 0.431. The summed E-state index contributed by atoms with van der Waals surface area (Å²) >= 11 is 0. The second-order valence-corrected chi connectivity index (χ2v) is 6.07. The van der Waals surface area contributed by atoms with Gasteiger partial charge in [-0.2, -0.15) is 0 Å². The average molecular weight is 260 g/mol. The average Bonchev–Trinajstić information content (AvgIpc) is 2.38. The van der Waals surface area contributed by atoms with Crippen molar-refractivity contribution < 1.29 is 0 Å². The standard InChI is InChI=1S/C17H28N2/c1-14-9-11-15(12-10-14)13-17(19-18)16-7-5-3-2-4-6-8-16/h9-12,16-17,19H,2-8,13,18H2,1H3. The van der Waals surface area contributed by atoms with Gasteiger partial charge in [0.1, 0.15) is 0 Å². The van der Waals surface area contributed by atoms with Crippen molar-refractivity contribution in [2.24, 2.45) is 11.8 Å². The molecule has 1 aromatic rings. The van der Waals surface area contributed by atoms with Gasteiger partial charge in [-0.1, -0.05) is 61.9 Å². The summed E-state index contributed by atoms with van der Waals surface area (Å²) in [5.74, 6) is 6.56. The topological polar surface area (TPSA) is 38.0 Å². The fourth-order valence-corrected chi connectivity index (χ4v) is 3.23. The minimum absolute atomic E-state index is 0.431. The molecule has 2 heteroatoms. The quantitative estimate of drug-likeness (QED) is 0.639. The van der Waals surface area contributed by atoms with Gasteiger partial charge in [-0.05, 0) is 37.7 Å². The van der Waals surface area contributed by atoms with Crippen molar-refractivity contribution in [3.8, 4) is 0 Å². The zero-order valence-electron chi connectivity index (χ0n) is 12.2. The van der Waals surface area contributed by atoms with E-state index in [1.807, 2.05) is 0 Å². The van der Waals surface area contributed by atoms with Gasteiger partial charge in [-0.3, -0.25) is 11.3 Å². The van der Waals surface area contributed by atoms with E-state index in [0.717, 1.165) is 12.3 Å². The lowest BCUT2D eigenvalue weighted by Crippen LogP contribution is -2.42. The molecule has 106 valence electrons. The number of aryl methyl sites for hydroxylation is 1. The summed E-state index contributed by atoms with van der Waals surface area (Å²) in [7, 11) is 0. The molecule has 1 fully saturated rings. The summed E-state index contributed by atoms with van der Waals surface area (Å²) in [5.41, 5.74) is 5.81. The first kappa shape index (κ1) is 14.5. The Bertz CT molecular complexity index is 350. The smallest absolute Gasteiger partial charge is 0.0279 e. The van der Waals surface area contributed by atoms with Crippen molar-refractivity contribution >= 4 is 0 Å². The molecule has 1 unspecified atom stereocenters. The number of hydrogen-bond acceptors (Lipinski definition) is 2. The van der Waals surface area contributed by atoms with Gasteiger partial charge in [0.05, 0.1) is 0 Å². The Morgan fingerprint density at radius 2 is 1.63 bits per heavy atom. The molecule has 0 aromatic heterocycles. The van der Waals surface area contributed by atoms with E-state index in [2.05, 4.69) is 36.6 Å². The lowest BCUT2D eigenvalue weighted by Gasteiger charge is -2.28. The number of rotatable bonds is 4. The molecule has 0 bridgehead atoms. The van der Waals surface area contributed by atoms with Gasteiger partial charge >= 0.3 is 0 Å². The van der Waals surface area contributed by atoms with E-state index in [4.69, 9.17) is 5.84 Å². The summed E-state index contributed by atoms with van der Waals surface area (Å²) in [6.45, 7) is 2.14. The molecule has 0 aliphatic heterocycles. The summed E-state index contributed by atoms with van der Waals surface area (Å²) in [4.78, 5) is 0. The molecule has 0 radical (unpaired) electrons. The number of nitrogens with two attached hydrogens (primary N) is 1. The Morgan fingerprint density at radius 3 is 2.21 bits per heavy atom. The van der Waals surface area contributed by atoms with Crippen LogP contribution in [0.3, 0.4) is 0 Å². The zero-order valence-corrected chi connectivity index (χ0v) is 12.2. The number of nitrogens with one attached hydrogen (secondary N) is 1. The van der Waals surface area contributed by atoms with Gasteiger partial charge in [0.2, 0.25) is 0 Å². The molecule has 1 aromatic carbocycles. The summed E-state index contributed by atoms with van der Waals surface area (Å²) in [6.07, 6.45) is 10.7. The molecule has 0 amide bonds. The normalized spacial score (nSPS) is 19.7. The first-order valence-corrected chi connectivity index (χ1v) is 7.81. The Kier molecular flexibility index (Phi) is 5.87. The maximum Gasteiger partial charge on any atom is 0.0279 e. The maximum atomic E-state index is 5.82. The van der Waals surface area contributed by atoms with Crippen LogP contribution in [0.15, 0.2) is 24.3 Å². The van der Waals surface area contributed by atoms with E-state index >= 15 is 0 Å². The SMILES string of the molecule is Cc1ccc(CC(NN)C2CCCCCCC2)cc1. The van der Waals surface area contributed by atoms with Crippen LogP contribution in [0, 0.1) is 12.8 Å². The van der Waals surface area contributed by atoms with Crippen molar-refractivity contribution in [1.29, 1.82) is 0 Å². The van der Waals surface area contributed by atoms with Crippen LogP contribution in [0.25, 0.3) is 0 Å². The summed E-state index contributed by atoms with van der Waals surface area (Å²) in [6, 6.07) is 9.30. The summed E-state index contributed by atoms with van der Waals surface area (Å²) in [5, 5.41) is 0. The van der Waals surface area contributed by atoms with Crippen molar-refractivity contribution in [3.05, 3.63) is 35.4 Å². The molecule has 0 spiro atoms. The maximum absolute atomic E-state index is 5.82. The Hall–Kier alpha value is -0.860. The van der Waals surface area contributed by atoms with Crippen molar-refractivity contribution in [2.45, 2.75) is 64.3 Å². The van der Waals surface area contributed by atoms with E-state index in [-0.39, 0.29) is 0 Å². The highest BCUT2D eigenvalue weighted by Crippen LogP contribution is 2.26. The third-order valence-corrected chi connectivity index (χ3v) is 4.51. The van der Waals surface area contributed by atoms with Crippen molar-refractivity contribution in [1.82, 2.24) is 5.43 Å². The minimum Gasteiger partial charge on any atom is -0.271 e. The number of hydrogen-bond donors (Lipinski definition) is 2. The van der Waals surface area contributed by atoms with Crippen LogP contribution >= 0.6 is 0 Å². The van der Waals surface area contributed by atoms with E-state index in [9.17, 15) is 0 Å². The first-order chi connectivity index (χ1) is 9.29. The lowest BCUT2D eigenvalue weighted by atomic mass is 9.83. The van der Waals surface area contributed by atoms with Crippen LogP contribution < -0.4 is 11.3 Å². The molecule has 2 nitrogen and oxygen atoms in total. The predicted molar refractivity (Wildman–Crippen MR) is 81.8 cm³/mol. The van der Waals surface area contributed by atoms with E-state index in [1.54, 1.807) is 0 Å². The number of hydrazine groups is 1. The largest absolute Gasteiger partial charge is 0.271 e.